The quantitative estimate of drug-likeness (QED) is 0.844. The first-order valence-corrected chi connectivity index (χ1v) is 9.08. The third-order valence-electron chi connectivity index (χ3n) is 4.63. The van der Waals surface area contributed by atoms with Crippen LogP contribution >= 0.6 is 11.6 Å². The molecule has 1 atom stereocenters. The van der Waals surface area contributed by atoms with E-state index in [2.05, 4.69) is 10.4 Å². The summed E-state index contributed by atoms with van der Waals surface area (Å²) in [5.74, 6) is -0.247. The summed E-state index contributed by atoms with van der Waals surface area (Å²) in [6, 6.07) is 7.91. The number of rotatable bonds is 3. The van der Waals surface area contributed by atoms with E-state index in [1.807, 2.05) is 6.92 Å². The zero-order valence-electron chi connectivity index (χ0n) is 16.0. The Balaban J connectivity index is 2.30. The molecule has 0 aliphatic carbocycles. The van der Waals surface area contributed by atoms with Gasteiger partial charge in [0.2, 0.25) is 0 Å². The van der Waals surface area contributed by atoms with E-state index < -0.39 is 5.82 Å². The topological polar surface area (TPSA) is 63.2 Å². The number of carbonyl (C=O) groups excluding carboxylic acids is 1. The van der Waals surface area contributed by atoms with E-state index in [0.29, 0.717) is 27.4 Å². The van der Waals surface area contributed by atoms with Gasteiger partial charge in [0, 0.05) is 28.8 Å². The molecule has 0 saturated heterocycles. The molecule has 2 aromatic rings. The van der Waals surface area contributed by atoms with Gasteiger partial charge in [-0.05, 0) is 31.5 Å². The van der Waals surface area contributed by atoms with E-state index in [9.17, 15) is 4.79 Å². The Morgan fingerprint density at radius 1 is 1.29 bits per heavy atom. The second-order valence-electron chi connectivity index (χ2n) is 6.36. The Morgan fingerprint density at radius 3 is 2.54 bits per heavy atom. The van der Waals surface area contributed by atoms with E-state index in [1.54, 1.807) is 30.3 Å². The predicted molar refractivity (Wildman–Crippen MR) is 106 cm³/mol. The Morgan fingerprint density at radius 2 is 1.96 bits per heavy atom. The number of fused-ring (bicyclic) bond motifs is 1. The molecule has 0 spiro atoms. The summed E-state index contributed by atoms with van der Waals surface area (Å²) < 4.78 is 25.8. The molecule has 3 rings (SSSR count). The van der Waals surface area contributed by atoms with Crippen LogP contribution in [-0.2, 0) is 6.42 Å². The Labute approximate surface area is 167 Å². The molecular formula is C20H21ClFN3O3. The maximum atomic E-state index is 15.3. The zero-order valence-corrected chi connectivity index (χ0v) is 16.8. The molecule has 0 fully saturated rings. The summed E-state index contributed by atoms with van der Waals surface area (Å²) >= 11 is 6.01. The molecule has 8 heteroatoms. The number of carbonyl (C=O) groups is 1. The minimum atomic E-state index is -0.524. The van der Waals surface area contributed by atoms with Crippen LogP contribution in [0.15, 0.2) is 35.4 Å². The van der Waals surface area contributed by atoms with Gasteiger partial charge in [-0.2, -0.15) is 5.10 Å². The molecule has 0 bridgehead atoms. The average molecular weight is 406 g/mol. The van der Waals surface area contributed by atoms with E-state index in [0.717, 1.165) is 0 Å². The van der Waals surface area contributed by atoms with Crippen LogP contribution in [-0.4, -0.2) is 44.1 Å². The smallest absolute Gasteiger partial charge is 0.337 e. The van der Waals surface area contributed by atoms with Gasteiger partial charge in [0.05, 0.1) is 26.0 Å². The molecule has 6 nitrogen and oxygen atoms in total. The highest BCUT2D eigenvalue weighted by Gasteiger charge is 2.31. The van der Waals surface area contributed by atoms with Gasteiger partial charge in [-0.25, -0.2) is 14.2 Å². The molecule has 2 aromatic carbocycles. The number of nitrogens with zero attached hydrogens (tertiary/aromatic N) is 2. The van der Waals surface area contributed by atoms with E-state index in [-0.39, 0.29) is 30.0 Å². The maximum absolute atomic E-state index is 15.3. The van der Waals surface area contributed by atoms with Crippen molar-refractivity contribution < 1.29 is 18.7 Å². The first kappa shape index (κ1) is 19.9. The van der Waals surface area contributed by atoms with Gasteiger partial charge in [-0.3, -0.25) is 0 Å². The summed E-state index contributed by atoms with van der Waals surface area (Å²) in [6.07, 6.45) is 0.259. The van der Waals surface area contributed by atoms with Gasteiger partial charge in [-0.15, -0.1) is 0 Å². The first-order chi connectivity index (χ1) is 13.4. The van der Waals surface area contributed by atoms with E-state index in [4.69, 9.17) is 21.1 Å². The highest BCUT2D eigenvalue weighted by molar-refractivity contribution is 6.30. The Bertz CT molecular complexity index is 931. The number of nitrogens with one attached hydrogen (secondary N) is 1. The Kier molecular flexibility index (Phi) is 5.74. The van der Waals surface area contributed by atoms with Gasteiger partial charge >= 0.3 is 6.03 Å². The lowest BCUT2D eigenvalue weighted by Crippen LogP contribution is -2.41. The number of hydrogen-bond donors (Lipinski definition) is 1. The number of amides is 2. The minimum Gasteiger partial charge on any atom is -0.493 e. The summed E-state index contributed by atoms with van der Waals surface area (Å²) in [5, 5.41) is 9.03. The number of ether oxygens (including phenoxy) is 2. The van der Waals surface area contributed by atoms with Crippen LogP contribution in [0.3, 0.4) is 0 Å². The largest absolute Gasteiger partial charge is 0.493 e. The number of hydrogen-bond acceptors (Lipinski definition) is 4. The van der Waals surface area contributed by atoms with Crippen LogP contribution < -0.4 is 14.8 Å². The van der Waals surface area contributed by atoms with E-state index >= 15 is 4.39 Å². The van der Waals surface area contributed by atoms with Crippen molar-refractivity contribution >= 4 is 23.3 Å². The van der Waals surface area contributed by atoms with Gasteiger partial charge in [0.1, 0.15) is 0 Å². The van der Waals surface area contributed by atoms with Crippen molar-refractivity contribution in [3.05, 3.63) is 57.9 Å². The monoisotopic (exact) mass is 405 g/mol. The first-order valence-electron chi connectivity index (χ1n) is 8.70. The third kappa shape index (κ3) is 3.49. The van der Waals surface area contributed by atoms with E-state index in [1.165, 1.54) is 26.3 Å². The van der Waals surface area contributed by atoms with Crippen molar-refractivity contribution in [2.75, 3.05) is 21.3 Å². The van der Waals surface area contributed by atoms with Gasteiger partial charge in [0.15, 0.2) is 17.3 Å². The van der Waals surface area contributed by atoms with Crippen molar-refractivity contribution in [3.63, 3.8) is 0 Å². The van der Waals surface area contributed by atoms with Crippen LogP contribution in [0.1, 0.15) is 23.6 Å². The van der Waals surface area contributed by atoms with Crippen molar-refractivity contribution in [2.24, 2.45) is 5.10 Å². The molecule has 0 saturated carbocycles. The molecule has 148 valence electrons. The zero-order chi connectivity index (χ0) is 20.4. The highest BCUT2D eigenvalue weighted by atomic mass is 35.5. The van der Waals surface area contributed by atoms with Crippen molar-refractivity contribution in [3.8, 4) is 11.5 Å². The SMILES string of the molecule is CNC(=O)N1N=C(c2ccc(Cl)cc2)c2cc(OC)c(OC)c(F)c2C[C@H]1C. The van der Waals surface area contributed by atoms with Gasteiger partial charge in [0.25, 0.3) is 0 Å². The number of hydrazone groups is 1. The molecular weight excluding hydrogens is 385 g/mol. The van der Waals surface area contributed by atoms with Gasteiger partial charge < -0.3 is 14.8 Å². The van der Waals surface area contributed by atoms with Crippen LogP contribution in [0.2, 0.25) is 5.02 Å². The Hall–Kier alpha value is -2.80. The van der Waals surface area contributed by atoms with Crippen molar-refractivity contribution in [1.29, 1.82) is 0 Å². The highest BCUT2D eigenvalue weighted by Crippen LogP contribution is 2.38. The molecule has 0 unspecified atom stereocenters. The molecule has 1 aliphatic rings. The lowest BCUT2D eigenvalue weighted by Gasteiger charge is -2.22. The maximum Gasteiger partial charge on any atom is 0.337 e. The number of halogens is 2. The lowest BCUT2D eigenvalue weighted by atomic mass is 9.93. The normalized spacial score (nSPS) is 16.0. The van der Waals surface area contributed by atoms with Crippen LogP contribution in [0.5, 0.6) is 11.5 Å². The molecule has 1 heterocycles. The van der Waals surface area contributed by atoms with Crippen molar-refractivity contribution in [2.45, 2.75) is 19.4 Å². The number of benzene rings is 2. The minimum absolute atomic E-state index is 0.0253. The van der Waals surface area contributed by atoms with Crippen LogP contribution in [0, 0.1) is 5.82 Å². The summed E-state index contributed by atoms with van der Waals surface area (Å²) in [5.41, 5.74) is 2.08. The van der Waals surface area contributed by atoms with Crippen LogP contribution in [0.4, 0.5) is 9.18 Å². The molecule has 0 radical (unpaired) electrons. The molecule has 1 N–H and O–H groups in total. The fourth-order valence-electron chi connectivity index (χ4n) is 3.22. The lowest BCUT2D eigenvalue weighted by molar-refractivity contribution is 0.184. The standard InChI is InChI=1S/C20H21ClFN3O3/c1-11-9-14-15(10-16(27-3)19(28-4)17(14)22)18(24-25(11)20(26)23-2)12-5-7-13(21)8-6-12/h5-8,10-11H,9H2,1-4H3,(H,23,26)/t11-/m1/s1. The average Bonchev–Trinajstić information content (AvgIpc) is 2.84. The second-order valence-corrected chi connectivity index (χ2v) is 6.80. The number of urea groups is 1. The molecule has 2 amide bonds. The summed E-state index contributed by atoms with van der Waals surface area (Å²) in [4.78, 5) is 12.4. The van der Waals surface area contributed by atoms with Crippen molar-refractivity contribution in [1.82, 2.24) is 10.3 Å². The number of methoxy groups -OCH3 is 2. The molecule has 28 heavy (non-hydrogen) atoms. The van der Waals surface area contributed by atoms with Gasteiger partial charge in [-0.1, -0.05) is 23.7 Å². The summed E-state index contributed by atoms with van der Waals surface area (Å²) in [7, 11) is 4.36. The second kappa shape index (κ2) is 8.06. The predicted octanol–water partition coefficient (Wildman–Crippen LogP) is 3.83. The fraction of sp³-hybridized carbons (Fsp3) is 0.300. The fourth-order valence-corrected chi connectivity index (χ4v) is 3.35. The third-order valence-corrected chi connectivity index (χ3v) is 4.88. The molecule has 0 aromatic heterocycles. The van der Waals surface area contributed by atoms with Crippen LogP contribution in [0.25, 0.3) is 0 Å². The molecule has 1 aliphatic heterocycles. The summed E-state index contributed by atoms with van der Waals surface area (Å²) in [6.45, 7) is 1.81.